The van der Waals surface area contributed by atoms with Crippen molar-refractivity contribution in [1.29, 1.82) is 0 Å². The second-order valence-electron chi connectivity index (χ2n) is 5.25. The Balaban J connectivity index is 2.19. The van der Waals surface area contributed by atoms with Crippen LogP contribution >= 0.6 is 0 Å². The molecule has 4 nitrogen and oxygen atoms in total. The van der Waals surface area contributed by atoms with Crippen LogP contribution in [0.1, 0.15) is 19.4 Å². The van der Waals surface area contributed by atoms with Gasteiger partial charge in [-0.15, -0.1) is 0 Å². The van der Waals surface area contributed by atoms with Crippen LogP contribution in [0.15, 0.2) is 53.4 Å². The second-order valence-corrected chi connectivity index (χ2v) is 6.90. The van der Waals surface area contributed by atoms with Gasteiger partial charge < -0.3 is 5.32 Å². The monoisotopic (exact) mass is 304 g/mol. The lowest BCUT2D eigenvalue weighted by molar-refractivity contribution is 0.600. The van der Waals surface area contributed by atoms with E-state index in [1.165, 1.54) is 0 Å². The van der Waals surface area contributed by atoms with Gasteiger partial charge in [0.05, 0.1) is 4.90 Å². The molecule has 2 rings (SSSR count). The molecule has 0 atom stereocenters. The van der Waals surface area contributed by atoms with E-state index < -0.39 is 10.0 Å². The van der Waals surface area contributed by atoms with Crippen molar-refractivity contribution in [3.05, 3.63) is 54.1 Å². The largest absolute Gasteiger partial charge is 0.383 e. The number of nitrogens with one attached hydrogen (secondary N) is 2. The van der Waals surface area contributed by atoms with Crippen LogP contribution in [0, 0.1) is 6.92 Å². The Labute approximate surface area is 126 Å². The van der Waals surface area contributed by atoms with E-state index >= 15 is 0 Å². The summed E-state index contributed by atoms with van der Waals surface area (Å²) in [5.41, 5.74) is 2.24. The SMILES string of the molecule is Cc1ccccc1S(=O)(=O)Nc1ccc(NC(C)C)cc1. The zero-order valence-electron chi connectivity index (χ0n) is 12.4. The van der Waals surface area contributed by atoms with Crippen molar-refractivity contribution < 1.29 is 8.42 Å². The zero-order chi connectivity index (χ0) is 15.5. The van der Waals surface area contributed by atoms with Crippen molar-refractivity contribution in [2.75, 3.05) is 10.0 Å². The Morgan fingerprint density at radius 2 is 1.48 bits per heavy atom. The van der Waals surface area contributed by atoms with E-state index in [1.54, 1.807) is 37.3 Å². The van der Waals surface area contributed by atoms with Gasteiger partial charge in [-0.1, -0.05) is 18.2 Å². The molecule has 0 aromatic heterocycles. The number of anilines is 2. The Morgan fingerprint density at radius 1 is 0.905 bits per heavy atom. The summed E-state index contributed by atoms with van der Waals surface area (Å²) in [5, 5.41) is 3.26. The molecule has 0 spiro atoms. The molecular weight excluding hydrogens is 284 g/mol. The van der Waals surface area contributed by atoms with E-state index in [-0.39, 0.29) is 0 Å². The molecule has 0 radical (unpaired) electrons. The van der Waals surface area contributed by atoms with E-state index in [4.69, 9.17) is 0 Å². The predicted molar refractivity (Wildman–Crippen MR) is 87.2 cm³/mol. The van der Waals surface area contributed by atoms with Gasteiger partial charge in [0.2, 0.25) is 0 Å². The van der Waals surface area contributed by atoms with Gasteiger partial charge in [-0.05, 0) is 56.7 Å². The smallest absolute Gasteiger partial charge is 0.262 e. The van der Waals surface area contributed by atoms with Gasteiger partial charge in [-0.2, -0.15) is 0 Å². The maximum atomic E-state index is 12.4. The van der Waals surface area contributed by atoms with Crippen molar-refractivity contribution in [3.63, 3.8) is 0 Å². The van der Waals surface area contributed by atoms with E-state index in [0.717, 1.165) is 11.3 Å². The summed E-state index contributed by atoms with van der Waals surface area (Å²) in [6.45, 7) is 5.88. The highest BCUT2D eigenvalue weighted by molar-refractivity contribution is 7.92. The molecule has 21 heavy (non-hydrogen) atoms. The van der Waals surface area contributed by atoms with Crippen molar-refractivity contribution in [2.24, 2.45) is 0 Å². The molecule has 2 N–H and O–H groups in total. The normalized spacial score (nSPS) is 11.4. The fourth-order valence-electron chi connectivity index (χ4n) is 2.04. The lowest BCUT2D eigenvalue weighted by Crippen LogP contribution is -2.14. The van der Waals surface area contributed by atoms with E-state index in [1.807, 2.05) is 18.2 Å². The van der Waals surface area contributed by atoms with Crippen LogP contribution in [-0.4, -0.2) is 14.5 Å². The Bertz CT molecular complexity index is 707. The summed E-state index contributed by atoms with van der Waals surface area (Å²) in [6.07, 6.45) is 0. The van der Waals surface area contributed by atoms with Crippen LogP contribution in [0.25, 0.3) is 0 Å². The molecule has 0 bridgehead atoms. The highest BCUT2D eigenvalue weighted by Crippen LogP contribution is 2.20. The minimum Gasteiger partial charge on any atom is -0.383 e. The van der Waals surface area contributed by atoms with Gasteiger partial charge in [0.1, 0.15) is 0 Å². The third kappa shape index (κ3) is 3.98. The molecule has 0 saturated heterocycles. The molecule has 0 aliphatic carbocycles. The first-order valence-electron chi connectivity index (χ1n) is 6.83. The van der Waals surface area contributed by atoms with Crippen LogP contribution in [0.5, 0.6) is 0 Å². The maximum absolute atomic E-state index is 12.4. The highest BCUT2D eigenvalue weighted by atomic mass is 32.2. The maximum Gasteiger partial charge on any atom is 0.262 e. The van der Waals surface area contributed by atoms with Crippen LogP contribution in [0.2, 0.25) is 0 Å². The lowest BCUT2D eigenvalue weighted by Gasteiger charge is -2.12. The Morgan fingerprint density at radius 3 is 2.05 bits per heavy atom. The first kappa shape index (κ1) is 15.4. The molecule has 0 heterocycles. The molecule has 0 unspecified atom stereocenters. The Hall–Kier alpha value is -2.01. The average Bonchev–Trinajstić information content (AvgIpc) is 2.40. The average molecular weight is 304 g/mol. The van der Waals surface area contributed by atoms with Gasteiger partial charge in [0.15, 0.2) is 0 Å². The molecular formula is C16H20N2O2S. The highest BCUT2D eigenvalue weighted by Gasteiger charge is 2.16. The molecule has 2 aromatic carbocycles. The molecule has 112 valence electrons. The summed E-state index contributed by atoms with van der Waals surface area (Å²) >= 11 is 0. The molecule has 0 fully saturated rings. The predicted octanol–water partition coefficient (Wildman–Crippen LogP) is 3.62. The first-order valence-corrected chi connectivity index (χ1v) is 8.32. The molecule has 0 saturated carbocycles. The number of rotatable bonds is 5. The number of hydrogen-bond donors (Lipinski definition) is 2. The summed E-state index contributed by atoms with van der Waals surface area (Å²) in [6, 6.07) is 14.5. The zero-order valence-corrected chi connectivity index (χ0v) is 13.2. The summed E-state index contributed by atoms with van der Waals surface area (Å²) < 4.78 is 27.3. The third-order valence-corrected chi connectivity index (χ3v) is 4.52. The van der Waals surface area contributed by atoms with Crippen LogP contribution < -0.4 is 10.0 Å². The molecule has 2 aromatic rings. The van der Waals surface area contributed by atoms with Gasteiger partial charge in [0, 0.05) is 17.4 Å². The van der Waals surface area contributed by atoms with Gasteiger partial charge in [-0.25, -0.2) is 8.42 Å². The minimum absolute atomic E-state index is 0.300. The van der Waals surface area contributed by atoms with Gasteiger partial charge in [0.25, 0.3) is 10.0 Å². The number of hydrogen-bond acceptors (Lipinski definition) is 3. The van der Waals surface area contributed by atoms with E-state index in [9.17, 15) is 8.42 Å². The number of sulfonamides is 1. The topological polar surface area (TPSA) is 58.2 Å². The van der Waals surface area contributed by atoms with Crippen LogP contribution in [0.4, 0.5) is 11.4 Å². The van der Waals surface area contributed by atoms with Crippen molar-refractivity contribution in [2.45, 2.75) is 31.7 Å². The van der Waals surface area contributed by atoms with Gasteiger partial charge in [-0.3, -0.25) is 4.72 Å². The summed E-state index contributed by atoms with van der Waals surface area (Å²) in [7, 11) is -3.55. The molecule has 0 aliphatic heterocycles. The summed E-state index contributed by atoms with van der Waals surface area (Å²) in [4.78, 5) is 0.300. The lowest BCUT2D eigenvalue weighted by atomic mass is 10.2. The number of aryl methyl sites for hydroxylation is 1. The van der Waals surface area contributed by atoms with E-state index in [2.05, 4.69) is 23.9 Å². The minimum atomic E-state index is -3.55. The van der Waals surface area contributed by atoms with Crippen LogP contribution in [-0.2, 0) is 10.0 Å². The van der Waals surface area contributed by atoms with Crippen molar-refractivity contribution in [1.82, 2.24) is 0 Å². The van der Waals surface area contributed by atoms with Gasteiger partial charge >= 0.3 is 0 Å². The van der Waals surface area contributed by atoms with Crippen molar-refractivity contribution >= 4 is 21.4 Å². The molecule has 0 amide bonds. The van der Waals surface area contributed by atoms with Crippen LogP contribution in [0.3, 0.4) is 0 Å². The quantitative estimate of drug-likeness (QED) is 0.887. The second kappa shape index (κ2) is 6.18. The molecule has 5 heteroatoms. The fraction of sp³-hybridized carbons (Fsp3) is 0.250. The Kier molecular flexibility index (Phi) is 4.53. The summed E-state index contributed by atoms with van der Waals surface area (Å²) in [5.74, 6) is 0. The van der Waals surface area contributed by atoms with Crippen molar-refractivity contribution in [3.8, 4) is 0 Å². The molecule has 0 aliphatic rings. The number of benzene rings is 2. The third-order valence-electron chi connectivity index (χ3n) is 2.98. The standard InChI is InChI=1S/C16H20N2O2S/c1-12(2)17-14-8-10-15(11-9-14)18-21(19,20)16-7-5-4-6-13(16)3/h4-12,17-18H,1-3H3. The van der Waals surface area contributed by atoms with E-state index in [0.29, 0.717) is 16.6 Å². The first-order chi connectivity index (χ1) is 9.88. The fourth-order valence-corrected chi connectivity index (χ4v) is 3.34.